The molecule has 3 aromatic rings. The molecule has 1 unspecified atom stereocenters. The van der Waals surface area contributed by atoms with Gasteiger partial charge in [0, 0.05) is 20.0 Å². The topological polar surface area (TPSA) is 65.0 Å². The van der Waals surface area contributed by atoms with Crippen molar-refractivity contribution in [3.63, 3.8) is 0 Å². The molecule has 0 amide bonds. The van der Waals surface area contributed by atoms with Gasteiger partial charge in [-0.2, -0.15) is 0 Å². The predicted octanol–water partition coefficient (Wildman–Crippen LogP) is 5.37. The van der Waals surface area contributed by atoms with Gasteiger partial charge in [0.1, 0.15) is 23.7 Å². The summed E-state index contributed by atoms with van der Waals surface area (Å²) in [6.07, 6.45) is 2.48. The minimum atomic E-state index is -0.959. The van der Waals surface area contributed by atoms with Gasteiger partial charge < -0.3 is 19.3 Å². The summed E-state index contributed by atoms with van der Waals surface area (Å²) in [5.41, 5.74) is 3.27. The Kier molecular flexibility index (Phi) is 7.07. The van der Waals surface area contributed by atoms with Gasteiger partial charge in [0.15, 0.2) is 6.10 Å². The van der Waals surface area contributed by atoms with E-state index < -0.39 is 12.1 Å². The standard InChI is InChI=1S/C27H28O5/c1-30-26(27(28)29)17-19-7-11-22(12-8-19)31-24-15-16-25(18-24)32-23-13-9-21(10-14-23)20-5-3-2-4-6-20/h2-14,24-26H,15-18H2,1H3,(H,28,29)/t24-,25-,26?/m1/s1. The Balaban J connectivity index is 1.27. The molecule has 1 saturated carbocycles. The molecule has 5 heteroatoms. The van der Waals surface area contributed by atoms with Crippen molar-refractivity contribution in [2.24, 2.45) is 0 Å². The van der Waals surface area contributed by atoms with Crippen molar-refractivity contribution in [2.45, 2.75) is 44.0 Å². The molecule has 0 radical (unpaired) electrons. The lowest BCUT2D eigenvalue weighted by Gasteiger charge is -2.16. The summed E-state index contributed by atoms with van der Waals surface area (Å²) in [5, 5.41) is 9.11. The van der Waals surface area contributed by atoms with Crippen molar-refractivity contribution >= 4 is 5.97 Å². The Bertz CT molecular complexity index is 998. The largest absolute Gasteiger partial charge is 0.490 e. The summed E-state index contributed by atoms with van der Waals surface area (Å²) in [5.74, 6) is 0.709. The summed E-state index contributed by atoms with van der Waals surface area (Å²) < 4.78 is 17.3. The van der Waals surface area contributed by atoms with Gasteiger partial charge in [0.2, 0.25) is 0 Å². The average Bonchev–Trinajstić information content (AvgIpc) is 3.26. The van der Waals surface area contributed by atoms with E-state index >= 15 is 0 Å². The number of carboxylic acid groups (broad SMARTS) is 1. The quantitative estimate of drug-likeness (QED) is 0.492. The number of hydrogen-bond acceptors (Lipinski definition) is 4. The van der Waals surface area contributed by atoms with Crippen LogP contribution in [0, 0.1) is 0 Å². The first-order chi connectivity index (χ1) is 15.6. The van der Waals surface area contributed by atoms with E-state index in [1.54, 1.807) is 0 Å². The molecule has 0 aromatic heterocycles. The SMILES string of the molecule is COC(Cc1ccc(O[C@@H]2CC[C@@H](Oc3ccc(-c4ccccc4)cc3)C2)cc1)C(=O)O. The van der Waals surface area contributed by atoms with E-state index in [-0.39, 0.29) is 12.2 Å². The van der Waals surface area contributed by atoms with Gasteiger partial charge in [-0.15, -0.1) is 0 Å². The van der Waals surface area contributed by atoms with Crippen molar-refractivity contribution in [2.75, 3.05) is 7.11 Å². The van der Waals surface area contributed by atoms with Crippen LogP contribution in [0.1, 0.15) is 24.8 Å². The molecule has 0 saturated heterocycles. The lowest BCUT2D eigenvalue weighted by molar-refractivity contribution is -0.148. The van der Waals surface area contributed by atoms with Gasteiger partial charge in [-0.05, 0) is 53.8 Å². The molecule has 32 heavy (non-hydrogen) atoms. The molecule has 3 atom stereocenters. The first kappa shape index (κ1) is 21.9. The highest BCUT2D eigenvalue weighted by molar-refractivity contribution is 5.72. The third kappa shape index (κ3) is 5.68. The van der Waals surface area contributed by atoms with Gasteiger partial charge in [0.25, 0.3) is 0 Å². The van der Waals surface area contributed by atoms with Gasteiger partial charge >= 0.3 is 5.97 Å². The molecule has 1 aliphatic carbocycles. The number of carboxylic acids is 1. The van der Waals surface area contributed by atoms with E-state index in [0.29, 0.717) is 6.42 Å². The van der Waals surface area contributed by atoms with Crippen molar-refractivity contribution in [3.05, 3.63) is 84.4 Å². The smallest absolute Gasteiger partial charge is 0.333 e. The van der Waals surface area contributed by atoms with E-state index in [0.717, 1.165) is 36.3 Å². The summed E-state index contributed by atoms with van der Waals surface area (Å²) in [6.45, 7) is 0. The molecule has 166 valence electrons. The van der Waals surface area contributed by atoms with Gasteiger partial charge in [-0.25, -0.2) is 4.79 Å². The van der Waals surface area contributed by atoms with Crippen LogP contribution < -0.4 is 9.47 Å². The third-order valence-corrected chi connectivity index (χ3v) is 5.81. The zero-order valence-electron chi connectivity index (χ0n) is 18.1. The van der Waals surface area contributed by atoms with E-state index in [1.807, 2.05) is 54.6 Å². The number of rotatable bonds is 9. The predicted molar refractivity (Wildman–Crippen MR) is 123 cm³/mol. The monoisotopic (exact) mass is 432 g/mol. The first-order valence-electron chi connectivity index (χ1n) is 10.9. The van der Waals surface area contributed by atoms with Gasteiger partial charge in [-0.1, -0.05) is 54.6 Å². The minimum Gasteiger partial charge on any atom is -0.490 e. The summed E-state index contributed by atoms with van der Waals surface area (Å²) >= 11 is 0. The lowest BCUT2D eigenvalue weighted by atomic mass is 10.1. The highest BCUT2D eigenvalue weighted by Gasteiger charge is 2.27. The maximum absolute atomic E-state index is 11.1. The lowest BCUT2D eigenvalue weighted by Crippen LogP contribution is -2.24. The summed E-state index contributed by atoms with van der Waals surface area (Å²) in [6, 6.07) is 26.1. The molecule has 0 aliphatic heterocycles. The van der Waals surface area contributed by atoms with Crippen molar-refractivity contribution in [3.8, 4) is 22.6 Å². The normalized spacial score (nSPS) is 18.8. The third-order valence-electron chi connectivity index (χ3n) is 5.81. The van der Waals surface area contributed by atoms with Crippen molar-refractivity contribution < 1.29 is 24.1 Å². The molecule has 1 N–H and O–H groups in total. The Morgan fingerprint density at radius 3 is 1.91 bits per heavy atom. The Hall–Kier alpha value is -3.31. The molecule has 1 aliphatic rings. The second-order valence-electron chi connectivity index (χ2n) is 8.09. The molecule has 4 rings (SSSR count). The molecular weight excluding hydrogens is 404 g/mol. The van der Waals surface area contributed by atoms with Crippen LogP contribution in [0.4, 0.5) is 0 Å². The summed E-state index contributed by atoms with van der Waals surface area (Å²) in [7, 11) is 1.41. The highest BCUT2D eigenvalue weighted by Crippen LogP contribution is 2.29. The fraction of sp³-hybridized carbons (Fsp3) is 0.296. The van der Waals surface area contributed by atoms with Crippen LogP contribution in [0.3, 0.4) is 0 Å². The van der Waals surface area contributed by atoms with Gasteiger partial charge in [-0.3, -0.25) is 0 Å². The maximum Gasteiger partial charge on any atom is 0.333 e. The number of hydrogen-bond donors (Lipinski definition) is 1. The van der Waals surface area contributed by atoms with Crippen LogP contribution in [0.2, 0.25) is 0 Å². The Morgan fingerprint density at radius 1 is 0.844 bits per heavy atom. The van der Waals surface area contributed by atoms with Crippen LogP contribution in [-0.4, -0.2) is 36.5 Å². The van der Waals surface area contributed by atoms with Crippen molar-refractivity contribution in [1.82, 2.24) is 0 Å². The number of ether oxygens (including phenoxy) is 3. The van der Waals surface area contributed by atoms with Gasteiger partial charge in [0.05, 0.1) is 0 Å². The maximum atomic E-state index is 11.1. The van der Waals surface area contributed by atoms with E-state index in [1.165, 1.54) is 18.2 Å². The fourth-order valence-corrected chi connectivity index (χ4v) is 4.05. The second kappa shape index (κ2) is 10.3. The Labute approximate surface area is 188 Å². The van der Waals surface area contributed by atoms with Crippen LogP contribution in [0.5, 0.6) is 11.5 Å². The number of aliphatic carboxylic acids is 1. The number of carbonyl (C=O) groups is 1. The second-order valence-corrected chi connectivity index (χ2v) is 8.09. The molecule has 0 spiro atoms. The molecule has 0 heterocycles. The summed E-state index contributed by atoms with van der Waals surface area (Å²) in [4.78, 5) is 11.1. The Morgan fingerprint density at radius 2 is 1.38 bits per heavy atom. The van der Waals surface area contributed by atoms with Crippen LogP contribution >= 0.6 is 0 Å². The molecule has 3 aromatic carbocycles. The number of benzene rings is 3. The van der Waals surface area contributed by atoms with Crippen LogP contribution in [0.25, 0.3) is 11.1 Å². The molecule has 5 nitrogen and oxygen atoms in total. The van der Waals surface area contributed by atoms with Crippen LogP contribution in [0.15, 0.2) is 78.9 Å². The highest BCUT2D eigenvalue weighted by atomic mass is 16.5. The zero-order chi connectivity index (χ0) is 22.3. The van der Waals surface area contributed by atoms with E-state index in [4.69, 9.17) is 19.3 Å². The zero-order valence-corrected chi connectivity index (χ0v) is 18.1. The molecular formula is C27H28O5. The van der Waals surface area contributed by atoms with Crippen molar-refractivity contribution in [1.29, 1.82) is 0 Å². The number of methoxy groups -OCH3 is 1. The van der Waals surface area contributed by atoms with E-state index in [9.17, 15) is 4.79 Å². The molecule has 0 bridgehead atoms. The molecule has 1 fully saturated rings. The first-order valence-corrected chi connectivity index (χ1v) is 10.9. The van der Waals surface area contributed by atoms with Crippen LogP contribution in [-0.2, 0) is 16.0 Å². The van der Waals surface area contributed by atoms with E-state index in [2.05, 4.69) is 24.3 Å². The minimum absolute atomic E-state index is 0.111. The average molecular weight is 433 g/mol. The fourth-order valence-electron chi connectivity index (χ4n) is 4.05.